The summed E-state index contributed by atoms with van der Waals surface area (Å²) in [4.78, 5) is 30.4. The van der Waals surface area contributed by atoms with Crippen molar-refractivity contribution in [3.63, 3.8) is 0 Å². The van der Waals surface area contributed by atoms with Crippen molar-refractivity contribution in [1.82, 2.24) is 14.2 Å². The summed E-state index contributed by atoms with van der Waals surface area (Å²) < 4.78 is 28.0. The number of nitrogens with zero attached hydrogens (tertiary/aromatic N) is 2. The van der Waals surface area contributed by atoms with Crippen LogP contribution in [0.25, 0.3) is 0 Å². The molecule has 2 aliphatic heterocycles. The largest absolute Gasteiger partial charge is 0.356 e. The summed E-state index contributed by atoms with van der Waals surface area (Å²) in [7, 11) is -3.81. The summed E-state index contributed by atoms with van der Waals surface area (Å²) in [5, 5.41) is 2.92. The van der Waals surface area contributed by atoms with Gasteiger partial charge in [0, 0.05) is 38.1 Å². The molecule has 2 amide bonds. The molecule has 2 saturated heterocycles. The molecule has 0 spiro atoms. The molecule has 0 saturated carbocycles. The van der Waals surface area contributed by atoms with Gasteiger partial charge in [0.2, 0.25) is 15.9 Å². The van der Waals surface area contributed by atoms with E-state index in [4.69, 9.17) is 0 Å². The molecular weight excluding hydrogens is 452 g/mol. The molecule has 34 heavy (non-hydrogen) atoms. The minimum atomic E-state index is -3.81. The molecule has 2 N–H and O–H groups in total. The maximum Gasteiger partial charge on any atom is 0.270 e. The molecule has 1 aromatic heterocycles. The fourth-order valence-electron chi connectivity index (χ4n) is 4.68. The zero-order valence-electron chi connectivity index (χ0n) is 19.8. The fraction of sp³-hybridized carbons (Fsp3) is 0.520. The van der Waals surface area contributed by atoms with Crippen LogP contribution in [0, 0.1) is 5.92 Å². The third kappa shape index (κ3) is 5.52. The van der Waals surface area contributed by atoms with Gasteiger partial charge in [-0.2, -0.15) is 4.31 Å². The van der Waals surface area contributed by atoms with Gasteiger partial charge >= 0.3 is 0 Å². The van der Waals surface area contributed by atoms with Crippen LogP contribution in [-0.4, -0.2) is 60.6 Å². The number of hydrogen-bond donors (Lipinski definition) is 2. The van der Waals surface area contributed by atoms with E-state index in [-0.39, 0.29) is 23.3 Å². The Morgan fingerprint density at radius 3 is 2.41 bits per heavy atom. The van der Waals surface area contributed by atoms with E-state index in [1.54, 1.807) is 4.90 Å². The molecule has 0 bridgehead atoms. The van der Waals surface area contributed by atoms with Crippen molar-refractivity contribution >= 4 is 27.5 Å². The van der Waals surface area contributed by atoms with E-state index in [1.807, 2.05) is 24.3 Å². The van der Waals surface area contributed by atoms with Crippen LogP contribution in [-0.2, 0) is 21.2 Å². The molecule has 0 unspecified atom stereocenters. The third-order valence-electron chi connectivity index (χ3n) is 6.80. The van der Waals surface area contributed by atoms with E-state index in [1.165, 1.54) is 22.1 Å². The molecule has 3 heterocycles. The number of aryl methyl sites for hydroxylation is 1. The van der Waals surface area contributed by atoms with Gasteiger partial charge in [-0.05, 0) is 55.9 Å². The van der Waals surface area contributed by atoms with Crippen molar-refractivity contribution in [2.24, 2.45) is 5.92 Å². The van der Waals surface area contributed by atoms with Crippen molar-refractivity contribution < 1.29 is 18.0 Å². The lowest BCUT2D eigenvalue weighted by atomic mass is 9.98. The fourth-order valence-corrected chi connectivity index (χ4v) is 6.20. The van der Waals surface area contributed by atoms with E-state index in [9.17, 15) is 18.0 Å². The first kappa shape index (κ1) is 24.5. The monoisotopic (exact) mass is 486 g/mol. The molecule has 184 valence electrons. The van der Waals surface area contributed by atoms with Crippen molar-refractivity contribution in [2.45, 2.75) is 56.8 Å². The molecule has 9 heteroatoms. The van der Waals surface area contributed by atoms with Gasteiger partial charge < -0.3 is 15.2 Å². The number of nitrogens with one attached hydrogen (secondary N) is 2. The van der Waals surface area contributed by atoms with Crippen LogP contribution in [0.15, 0.2) is 41.4 Å². The Bertz CT molecular complexity index is 1100. The zero-order valence-corrected chi connectivity index (χ0v) is 20.6. The van der Waals surface area contributed by atoms with Crippen LogP contribution >= 0.6 is 0 Å². The number of aromatic nitrogens is 1. The highest BCUT2D eigenvalue weighted by Crippen LogP contribution is 2.26. The molecule has 1 atom stereocenters. The lowest BCUT2D eigenvalue weighted by Gasteiger charge is -2.31. The molecule has 2 aromatic rings. The zero-order chi connectivity index (χ0) is 24.1. The number of benzene rings is 1. The van der Waals surface area contributed by atoms with Gasteiger partial charge in [-0.25, -0.2) is 8.42 Å². The van der Waals surface area contributed by atoms with Crippen molar-refractivity contribution in [3.8, 4) is 0 Å². The number of H-pyrrole nitrogens is 1. The van der Waals surface area contributed by atoms with Crippen LogP contribution < -0.4 is 5.32 Å². The van der Waals surface area contributed by atoms with Crippen LogP contribution in [0.3, 0.4) is 0 Å². The van der Waals surface area contributed by atoms with Gasteiger partial charge in [0.1, 0.15) is 10.6 Å². The molecule has 1 aromatic carbocycles. The van der Waals surface area contributed by atoms with Gasteiger partial charge in [-0.15, -0.1) is 0 Å². The first-order valence-corrected chi connectivity index (χ1v) is 13.7. The van der Waals surface area contributed by atoms with Crippen molar-refractivity contribution in [3.05, 3.63) is 47.8 Å². The Kier molecular flexibility index (Phi) is 7.73. The summed E-state index contributed by atoms with van der Waals surface area (Å²) in [6, 6.07) is 9.13. The topological polar surface area (TPSA) is 103 Å². The average molecular weight is 487 g/mol. The van der Waals surface area contributed by atoms with E-state index < -0.39 is 15.9 Å². The number of carbonyl (C=O) groups excluding carboxylic acids is 2. The Labute approximate surface area is 201 Å². The van der Waals surface area contributed by atoms with E-state index >= 15 is 0 Å². The summed E-state index contributed by atoms with van der Waals surface area (Å²) in [5.41, 5.74) is 2.19. The van der Waals surface area contributed by atoms with Crippen LogP contribution in [0.1, 0.15) is 61.5 Å². The highest BCUT2D eigenvalue weighted by Gasteiger charge is 2.34. The molecule has 4 rings (SSSR count). The van der Waals surface area contributed by atoms with Crippen LogP contribution in [0.5, 0.6) is 0 Å². The molecule has 0 radical (unpaired) electrons. The number of hydrogen-bond acceptors (Lipinski definition) is 4. The summed E-state index contributed by atoms with van der Waals surface area (Å²) in [6.07, 6.45) is 7.72. The Balaban J connectivity index is 1.41. The van der Waals surface area contributed by atoms with Gasteiger partial charge in [-0.3, -0.25) is 9.59 Å². The minimum Gasteiger partial charge on any atom is -0.356 e. The van der Waals surface area contributed by atoms with E-state index in [2.05, 4.69) is 17.2 Å². The summed E-state index contributed by atoms with van der Waals surface area (Å²) >= 11 is 0. The van der Waals surface area contributed by atoms with Crippen LogP contribution in [0.4, 0.5) is 5.69 Å². The van der Waals surface area contributed by atoms with E-state index in [0.29, 0.717) is 43.9 Å². The van der Waals surface area contributed by atoms with Crippen molar-refractivity contribution in [2.75, 3.05) is 31.5 Å². The first-order chi connectivity index (χ1) is 16.4. The van der Waals surface area contributed by atoms with Gasteiger partial charge in [0.05, 0.1) is 5.92 Å². The quantitative estimate of drug-likeness (QED) is 0.651. The Hall–Kier alpha value is -2.65. The first-order valence-electron chi connectivity index (χ1n) is 12.3. The Morgan fingerprint density at radius 2 is 1.74 bits per heavy atom. The highest BCUT2D eigenvalue weighted by molar-refractivity contribution is 7.89. The highest BCUT2D eigenvalue weighted by atomic mass is 32.2. The molecule has 2 aliphatic rings. The molecule has 0 aliphatic carbocycles. The second kappa shape index (κ2) is 10.7. The number of amides is 2. The smallest absolute Gasteiger partial charge is 0.270 e. The summed E-state index contributed by atoms with van der Waals surface area (Å²) in [6.45, 7) is 3.96. The number of carbonyl (C=O) groups is 2. The number of rotatable bonds is 6. The number of sulfonamides is 1. The van der Waals surface area contributed by atoms with Crippen LogP contribution in [0.2, 0.25) is 0 Å². The number of likely N-dealkylation sites (tertiary alicyclic amines) is 1. The van der Waals surface area contributed by atoms with Crippen molar-refractivity contribution in [1.29, 1.82) is 0 Å². The maximum atomic E-state index is 13.3. The number of anilines is 1. The SMILES string of the molecule is CCc1ccc(NC(=O)[C@H]2CCCN(S(=O)(=O)c3c[nH]c(C(=O)N4CCCCCC4)c3)C2)cc1. The predicted molar refractivity (Wildman–Crippen MR) is 131 cm³/mol. The second-order valence-corrected chi connectivity index (χ2v) is 11.1. The summed E-state index contributed by atoms with van der Waals surface area (Å²) in [5.74, 6) is -0.755. The predicted octanol–water partition coefficient (Wildman–Crippen LogP) is 3.63. The standard InChI is InChI=1S/C25H34N4O4S/c1-2-19-9-11-21(12-10-19)27-24(30)20-8-7-15-29(18-20)34(32,33)22-16-23(26-17-22)25(31)28-13-5-3-4-6-14-28/h9-12,16-17,20,26H,2-8,13-15,18H2,1H3,(H,27,30)/t20-/m0/s1. The Morgan fingerprint density at radius 1 is 1.03 bits per heavy atom. The molecule has 2 fully saturated rings. The van der Waals surface area contributed by atoms with E-state index in [0.717, 1.165) is 32.1 Å². The lowest BCUT2D eigenvalue weighted by molar-refractivity contribution is -0.120. The van der Waals surface area contributed by atoms with Gasteiger partial charge in [0.15, 0.2) is 0 Å². The average Bonchev–Trinajstić information content (AvgIpc) is 3.21. The minimum absolute atomic E-state index is 0.0712. The number of piperidine rings is 1. The number of aromatic amines is 1. The molecular formula is C25H34N4O4S. The maximum absolute atomic E-state index is 13.3. The second-order valence-electron chi connectivity index (χ2n) is 9.20. The third-order valence-corrected chi connectivity index (χ3v) is 8.65. The van der Waals surface area contributed by atoms with Gasteiger partial charge in [-0.1, -0.05) is 31.9 Å². The normalized spacial score (nSPS) is 20.0. The lowest BCUT2D eigenvalue weighted by Crippen LogP contribution is -2.43. The molecule has 8 nitrogen and oxygen atoms in total. The van der Waals surface area contributed by atoms with Gasteiger partial charge in [0.25, 0.3) is 5.91 Å².